The van der Waals surface area contributed by atoms with Crippen LogP contribution in [0.3, 0.4) is 0 Å². The minimum Gasteiger partial charge on any atom is -0.468 e. The smallest absolute Gasteiger partial charge is 0.325 e. The summed E-state index contributed by atoms with van der Waals surface area (Å²) < 4.78 is 4.55. The normalized spacial score (nSPS) is 25.8. The number of carbonyl (C=O) groups is 6. The zero-order valence-corrected chi connectivity index (χ0v) is 16.9. The van der Waals surface area contributed by atoms with Crippen LogP contribution in [0.4, 0.5) is 0 Å². The minimum atomic E-state index is -1.05. The highest BCUT2D eigenvalue weighted by Crippen LogP contribution is 2.50. The molecule has 1 fully saturated rings. The molecule has 1 aromatic rings. The van der Waals surface area contributed by atoms with Crippen molar-refractivity contribution in [3.63, 3.8) is 0 Å². The molecule has 0 bridgehead atoms. The molecule has 0 radical (unpaired) electrons. The van der Waals surface area contributed by atoms with Crippen molar-refractivity contribution < 1.29 is 33.5 Å². The number of ether oxygens (including phenoxy) is 1. The van der Waals surface area contributed by atoms with Gasteiger partial charge in [-0.25, -0.2) is 0 Å². The van der Waals surface area contributed by atoms with Crippen LogP contribution >= 0.6 is 0 Å². The van der Waals surface area contributed by atoms with Crippen molar-refractivity contribution in [2.45, 2.75) is 25.2 Å². The molecule has 0 spiro atoms. The van der Waals surface area contributed by atoms with Gasteiger partial charge in [0.05, 0.1) is 13.0 Å². The molecule has 0 heterocycles. The van der Waals surface area contributed by atoms with Crippen LogP contribution in [0.2, 0.25) is 0 Å². The number of nitrogens with one attached hydrogen (secondary N) is 1. The number of esters is 1. The van der Waals surface area contributed by atoms with E-state index in [0.717, 1.165) is 6.08 Å². The van der Waals surface area contributed by atoms with Crippen LogP contribution < -0.4 is 5.32 Å². The van der Waals surface area contributed by atoms with Crippen LogP contribution in [0.5, 0.6) is 0 Å². The summed E-state index contributed by atoms with van der Waals surface area (Å²) in [4.78, 5) is 74.7. The van der Waals surface area contributed by atoms with E-state index < -0.39 is 34.7 Å². The quantitative estimate of drug-likeness (QED) is 0.440. The number of Topliss-reactive ketones (excluding diaryl/α,β-unsaturated/α-hetero) is 3. The maximum Gasteiger partial charge on any atom is 0.325 e. The van der Waals surface area contributed by atoms with Gasteiger partial charge in [-0.1, -0.05) is 6.92 Å². The van der Waals surface area contributed by atoms with Crippen LogP contribution in [0.25, 0.3) is 0 Å². The van der Waals surface area contributed by atoms with E-state index in [1.54, 1.807) is 6.92 Å². The summed E-state index contributed by atoms with van der Waals surface area (Å²) in [6.07, 6.45) is 4.05. The van der Waals surface area contributed by atoms with Crippen LogP contribution in [-0.2, 0) is 24.5 Å². The van der Waals surface area contributed by atoms with Gasteiger partial charge >= 0.3 is 5.97 Å². The van der Waals surface area contributed by atoms with Crippen LogP contribution in [0.15, 0.2) is 36.1 Å². The molecule has 3 aliphatic rings. The molecule has 1 unspecified atom stereocenters. The lowest BCUT2D eigenvalue weighted by atomic mass is 9.55. The maximum atomic E-state index is 13.1. The van der Waals surface area contributed by atoms with Crippen LogP contribution in [0, 0.1) is 5.92 Å². The average molecular weight is 421 g/mol. The Hall–Kier alpha value is -3.68. The van der Waals surface area contributed by atoms with E-state index in [2.05, 4.69) is 10.1 Å². The molecular formula is C23H19NO7. The Morgan fingerprint density at radius 3 is 2.39 bits per heavy atom. The van der Waals surface area contributed by atoms with Crippen molar-refractivity contribution in [1.29, 1.82) is 0 Å². The van der Waals surface area contributed by atoms with E-state index in [1.807, 2.05) is 0 Å². The summed E-state index contributed by atoms with van der Waals surface area (Å²) in [6.45, 7) is 1.57. The zero-order chi connectivity index (χ0) is 22.5. The number of rotatable bonds is 3. The minimum absolute atomic E-state index is 0.0927. The summed E-state index contributed by atoms with van der Waals surface area (Å²) in [5.41, 5.74) is 0.0315. The fourth-order valence-electron chi connectivity index (χ4n) is 4.63. The summed E-state index contributed by atoms with van der Waals surface area (Å²) in [7, 11) is 1.22. The van der Waals surface area contributed by atoms with E-state index in [4.69, 9.17) is 0 Å². The molecule has 0 saturated heterocycles. The topological polar surface area (TPSA) is 124 Å². The van der Waals surface area contributed by atoms with Gasteiger partial charge in [0.1, 0.15) is 6.54 Å². The van der Waals surface area contributed by atoms with Crippen molar-refractivity contribution in [3.8, 4) is 0 Å². The molecule has 4 rings (SSSR count). The molecule has 2 atom stereocenters. The van der Waals surface area contributed by atoms with Gasteiger partial charge in [-0.3, -0.25) is 28.8 Å². The standard InChI is InChI=1S/C23H19NO7/c1-23-6-5-18(27)14(9-24-10-19(28)31-2)20(23)22(30)21(29)13-7-11-12(8-15(13)23)17(26)4-3-16(11)25/h3-4,7-9,20,24H,5-6,10H2,1-2H3/b14-9+/t20?,23-/m0/s1. The Morgan fingerprint density at radius 2 is 1.74 bits per heavy atom. The zero-order valence-electron chi connectivity index (χ0n) is 16.9. The van der Waals surface area contributed by atoms with Gasteiger partial charge in [-0.15, -0.1) is 0 Å². The monoisotopic (exact) mass is 421 g/mol. The van der Waals surface area contributed by atoms with Crippen molar-refractivity contribution in [2.75, 3.05) is 13.7 Å². The largest absolute Gasteiger partial charge is 0.468 e. The first-order valence-corrected chi connectivity index (χ1v) is 9.76. The van der Waals surface area contributed by atoms with Crippen LogP contribution in [0.1, 0.15) is 56.4 Å². The van der Waals surface area contributed by atoms with Gasteiger partial charge < -0.3 is 10.1 Å². The lowest BCUT2D eigenvalue weighted by Crippen LogP contribution is -2.51. The molecular weight excluding hydrogens is 402 g/mol. The highest BCUT2D eigenvalue weighted by molar-refractivity contribution is 6.47. The van der Waals surface area contributed by atoms with Gasteiger partial charge in [0, 0.05) is 40.3 Å². The number of allylic oxidation sites excluding steroid dienone is 3. The van der Waals surface area contributed by atoms with E-state index in [-0.39, 0.29) is 46.8 Å². The number of methoxy groups -OCH3 is 1. The second-order valence-corrected chi connectivity index (χ2v) is 8.03. The van der Waals surface area contributed by atoms with Crippen molar-refractivity contribution in [3.05, 3.63) is 58.3 Å². The van der Waals surface area contributed by atoms with Crippen molar-refractivity contribution in [2.24, 2.45) is 5.92 Å². The lowest BCUT2D eigenvalue weighted by Gasteiger charge is -2.45. The van der Waals surface area contributed by atoms with E-state index in [0.29, 0.717) is 12.0 Å². The highest BCUT2D eigenvalue weighted by atomic mass is 16.5. The summed E-state index contributed by atoms with van der Waals surface area (Å²) in [5, 5.41) is 2.68. The maximum absolute atomic E-state index is 13.1. The van der Waals surface area contributed by atoms with E-state index >= 15 is 0 Å². The van der Waals surface area contributed by atoms with E-state index in [9.17, 15) is 28.8 Å². The number of hydrogen-bond acceptors (Lipinski definition) is 8. The first-order valence-electron chi connectivity index (χ1n) is 9.76. The fourth-order valence-corrected chi connectivity index (χ4v) is 4.63. The Bertz CT molecular complexity index is 1160. The Kier molecular flexibility index (Phi) is 4.80. The number of ketones is 5. The molecule has 31 heavy (non-hydrogen) atoms. The number of hydrogen-bond donors (Lipinski definition) is 1. The third kappa shape index (κ3) is 3.06. The first-order chi connectivity index (χ1) is 14.7. The molecule has 1 N–H and O–H groups in total. The Balaban J connectivity index is 1.85. The van der Waals surface area contributed by atoms with Crippen LogP contribution in [-0.4, -0.2) is 48.5 Å². The van der Waals surface area contributed by atoms with Crippen molar-refractivity contribution in [1.82, 2.24) is 5.32 Å². The molecule has 8 heteroatoms. The molecule has 1 saturated carbocycles. The van der Waals surface area contributed by atoms with Gasteiger partial charge in [-0.2, -0.15) is 0 Å². The molecule has 0 amide bonds. The summed E-state index contributed by atoms with van der Waals surface area (Å²) in [5.74, 6) is -4.22. The second-order valence-electron chi connectivity index (χ2n) is 8.03. The summed E-state index contributed by atoms with van der Waals surface area (Å²) in [6, 6.07) is 2.84. The Labute approximate surface area is 177 Å². The number of carbonyl (C=O) groups excluding carboxylic acids is 6. The van der Waals surface area contributed by atoms with Gasteiger partial charge in [-0.05, 0) is 36.3 Å². The third-order valence-electron chi connectivity index (χ3n) is 6.29. The predicted molar refractivity (Wildman–Crippen MR) is 107 cm³/mol. The second kappa shape index (κ2) is 7.23. The fraction of sp³-hybridized carbons (Fsp3) is 0.304. The molecule has 158 valence electrons. The molecule has 0 aromatic heterocycles. The van der Waals surface area contributed by atoms with Gasteiger partial charge in [0.2, 0.25) is 11.6 Å². The van der Waals surface area contributed by atoms with Crippen molar-refractivity contribution >= 4 is 34.9 Å². The summed E-state index contributed by atoms with van der Waals surface area (Å²) >= 11 is 0. The SMILES string of the molecule is COC(=O)CN/C=C1\C(=O)CC[C@@]2(C)c3cc4c(cc3C(=O)C(=O)C12)C(=O)C=CC4=O. The number of fused-ring (bicyclic) bond motifs is 4. The first kappa shape index (κ1) is 20.6. The Morgan fingerprint density at radius 1 is 1.10 bits per heavy atom. The third-order valence-corrected chi connectivity index (χ3v) is 6.29. The molecule has 8 nitrogen and oxygen atoms in total. The van der Waals surface area contributed by atoms with E-state index in [1.165, 1.54) is 31.5 Å². The van der Waals surface area contributed by atoms with Gasteiger partial charge in [0.15, 0.2) is 17.3 Å². The molecule has 0 aliphatic heterocycles. The molecule has 1 aromatic carbocycles. The predicted octanol–water partition coefficient (Wildman–Crippen LogP) is 1.27. The molecule has 3 aliphatic carbocycles. The number of benzene rings is 1. The van der Waals surface area contributed by atoms with Gasteiger partial charge in [0.25, 0.3) is 0 Å². The highest BCUT2D eigenvalue weighted by Gasteiger charge is 2.54. The lowest BCUT2D eigenvalue weighted by molar-refractivity contribution is -0.139. The average Bonchev–Trinajstić information content (AvgIpc) is 2.76.